The molecule has 1 aliphatic heterocycles. The quantitative estimate of drug-likeness (QED) is 0.907. The van der Waals surface area contributed by atoms with Crippen LogP contribution in [-0.4, -0.2) is 19.2 Å². The Bertz CT molecular complexity index is 538. The molecule has 2 aromatic rings. The van der Waals surface area contributed by atoms with Gasteiger partial charge in [-0.1, -0.05) is 31.2 Å². The molecule has 0 fully saturated rings. The third kappa shape index (κ3) is 2.95. The van der Waals surface area contributed by atoms with Gasteiger partial charge in [-0.25, -0.2) is 0 Å². The number of nitrogens with one attached hydrogen (secondary N) is 1. The van der Waals surface area contributed by atoms with Crippen molar-refractivity contribution in [2.45, 2.75) is 31.9 Å². The number of ether oxygens (including phenoxy) is 1. The van der Waals surface area contributed by atoms with Crippen LogP contribution in [0.3, 0.4) is 0 Å². The second-order valence-corrected chi connectivity index (χ2v) is 6.02. The van der Waals surface area contributed by atoms with Crippen LogP contribution in [0, 0.1) is 0 Å². The Morgan fingerprint density at radius 3 is 3.05 bits per heavy atom. The lowest BCUT2D eigenvalue weighted by Crippen LogP contribution is -2.39. The molecule has 3 heteroatoms. The van der Waals surface area contributed by atoms with E-state index < -0.39 is 0 Å². The normalized spacial score (nSPS) is 19.6. The summed E-state index contributed by atoms with van der Waals surface area (Å²) in [5, 5.41) is 7.99. The molecule has 2 atom stereocenters. The average molecular weight is 287 g/mol. The van der Waals surface area contributed by atoms with Gasteiger partial charge in [0.15, 0.2) is 0 Å². The number of rotatable bonds is 5. The molecule has 0 amide bonds. The number of benzene rings is 1. The Balaban J connectivity index is 1.84. The lowest BCUT2D eigenvalue weighted by molar-refractivity contribution is 0.0158. The molecule has 0 spiro atoms. The number of thiophene rings is 1. The first-order chi connectivity index (χ1) is 9.88. The van der Waals surface area contributed by atoms with Gasteiger partial charge in [0.1, 0.15) is 0 Å². The molecule has 1 aliphatic rings. The van der Waals surface area contributed by atoms with E-state index in [-0.39, 0.29) is 6.10 Å². The molecule has 20 heavy (non-hydrogen) atoms. The van der Waals surface area contributed by atoms with E-state index in [1.54, 1.807) is 11.3 Å². The third-order valence-corrected chi connectivity index (χ3v) is 4.63. The fourth-order valence-corrected chi connectivity index (χ4v) is 3.65. The highest BCUT2D eigenvalue weighted by Gasteiger charge is 2.28. The van der Waals surface area contributed by atoms with E-state index in [1.165, 1.54) is 16.7 Å². The molecule has 1 aromatic carbocycles. The third-order valence-electron chi connectivity index (χ3n) is 3.90. The average Bonchev–Trinajstić information content (AvgIpc) is 2.99. The Morgan fingerprint density at radius 2 is 2.25 bits per heavy atom. The summed E-state index contributed by atoms with van der Waals surface area (Å²) >= 11 is 1.76. The van der Waals surface area contributed by atoms with Gasteiger partial charge in [-0.05, 0) is 52.9 Å². The predicted molar refractivity (Wildman–Crippen MR) is 84.3 cm³/mol. The standard InChI is InChI=1S/C17H21NOS/c1-2-18-16(11-13-8-10-20-12-13)17-15-6-4-3-5-14(15)7-9-19-17/h3-6,8,10,12,16-18H,2,7,9,11H2,1H3. The predicted octanol–water partition coefficient (Wildman–Crippen LogP) is 3.58. The molecule has 2 unspecified atom stereocenters. The minimum Gasteiger partial charge on any atom is -0.372 e. The van der Waals surface area contributed by atoms with E-state index in [0.717, 1.165) is 26.0 Å². The molecule has 1 N–H and O–H groups in total. The fourth-order valence-electron chi connectivity index (χ4n) is 2.97. The van der Waals surface area contributed by atoms with Crippen LogP contribution >= 0.6 is 11.3 Å². The Hall–Kier alpha value is -1.16. The maximum absolute atomic E-state index is 6.11. The van der Waals surface area contributed by atoms with Crippen molar-refractivity contribution in [3.05, 3.63) is 57.8 Å². The van der Waals surface area contributed by atoms with E-state index in [1.807, 2.05) is 0 Å². The second kappa shape index (κ2) is 6.53. The van der Waals surface area contributed by atoms with Crippen LogP contribution in [-0.2, 0) is 17.6 Å². The molecular formula is C17H21NOS. The highest BCUT2D eigenvalue weighted by atomic mass is 32.1. The van der Waals surface area contributed by atoms with Crippen molar-refractivity contribution in [1.82, 2.24) is 5.32 Å². The van der Waals surface area contributed by atoms with Crippen molar-refractivity contribution in [3.8, 4) is 0 Å². The molecule has 1 aromatic heterocycles. The van der Waals surface area contributed by atoms with E-state index in [9.17, 15) is 0 Å². The summed E-state index contributed by atoms with van der Waals surface area (Å²) < 4.78 is 6.11. The van der Waals surface area contributed by atoms with Crippen LogP contribution in [0.15, 0.2) is 41.1 Å². The molecule has 106 valence electrons. The molecule has 0 radical (unpaired) electrons. The number of hydrogen-bond donors (Lipinski definition) is 1. The van der Waals surface area contributed by atoms with Gasteiger partial charge in [0, 0.05) is 6.04 Å². The second-order valence-electron chi connectivity index (χ2n) is 5.24. The van der Waals surface area contributed by atoms with Crippen molar-refractivity contribution in [2.24, 2.45) is 0 Å². The van der Waals surface area contributed by atoms with Crippen LogP contribution in [0.4, 0.5) is 0 Å². The molecule has 2 heterocycles. The number of hydrogen-bond acceptors (Lipinski definition) is 3. The van der Waals surface area contributed by atoms with Gasteiger partial charge >= 0.3 is 0 Å². The maximum Gasteiger partial charge on any atom is 0.0983 e. The zero-order chi connectivity index (χ0) is 13.8. The lowest BCUT2D eigenvalue weighted by atomic mass is 9.90. The zero-order valence-electron chi connectivity index (χ0n) is 11.8. The van der Waals surface area contributed by atoms with E-state index in [4.69, 9.17) is 4.74 Å². The van der Waals surface area contributed by atoms with Crippen LogP contribution in [0.5, 0.6) is 0 Å². The molecule has 3 rings (SSSR count). The summed E-state index contributed by atoms with van der Waals surface area (Å²) in [5.74, 6) is 0. The van der Waals surface area contributed by atoms with Gasteiger partial charge in [-0.3, -0.25) is 0 Å². The number of fused-ring (bicyclic) bond motifs is 1. The summed E-state index contributed by atoms with van der Waals surface area (Å²) in [5.41, 5.74) is 4.20. The minimum atomic E-state index is 0.166. The minimum absolute atomic E-state index is 0.166. The topological polar surface area (TPSA) is 21.3 Å². The first-order valence-corrected chi connectivity index (χ1v) is 8.26. The van der Waals surface area contributed by atoms with Gasteiger partial charge in [0.2, 0.25) is 0 Å². The number of likely N-dealkylation sites (N-methyl/N-ethyl adjacent to an activating group) is 1. The van der Waals surface area contributed by atoms with E-state index >= 15 is 0 Å². The summed E-state index contributed by atoms with van der Waals surface area (Å²) in [6.45, 7) is 3.96. The zero-order valence-corrected chi connectivity index (χ0v) is 12.7. The Labute approximate surface area is 124 Å². The Kier molecular flexibility index (Phi) is 4.51. The van der Waals surface area contributed by atoms with Gasteiger partial charge in [0.05, 0.1) is 12.7 Å². The van der Waals surface area contributed by atoms with Crippen molar-refractivity contribution < 1.29 is 4.74 Å². The highest BCUT2D eigenvalue weighted by molar-refractivity contribution is 7.07. The first kappa shape index (κ1) is 13.8. The summed E-state index contributed by atoms with van der Waals surface area (Å²) in [6.07, 6.45) is 2.22. The van der Waals surface area contributed by atoms with Crippen molar-refractivity contribution in [2.75, 3.05) is 13.2 Å². The molecule has 0 saturated carbocycles. The largest absolute Gasteiger partial charge is 0.372 e. The molecule has 0 aliphatic carbocycles. The molecular weight excluding hydrogens is 266 g/mol. The van der Waals surface area contributed by atoms with Crippen LogP contribution in [0.2, 0.25) is 0 Å². The van der Waals surface area contributed by atoms with Crippen molar-refractivity contribution >= 4 is 11.3 Å². The fraction of sp³-hybridized carbons (Fsp3) is 0.412. The van der Waals surface area contributed by atoms with Crippen LogP contribution < -0.4 is 5.32 Å². The first-order valence-electron chi connectivity index (χ1n) is 7.32. The van der Waals surface area contributed by atoms with Gasteiger partial charge in [-0.2, -0.15) is 11.3 Å². The molecule has 0 bridgehead atoms. The maximum atomic E-state index is 6.11. The van der Waals surface area contributed by atoms with Crippen LogP contribution in [0.25, 0.3) is 0 Å². The van der Waals surface area contributed by atoms with Gasteiger partial charge < -0.3 is 10.1 Å². The molecule has 2 nitrogen and oxygen atoms in total. The summed E-state index contributed by atoms with van der Waals surface area (Å²) in [4.78, 5) is 0. The monoisotopic (exact) mass is 287 g/mol. The van der Waals surface area contributed by atoms with E-state index in [2.05, 4.69) is 53.3 Å². The molecule has 0 saturated heterocycles. The SMILES string of the molecule is CCNC(Cc1ccsc1)C1OCCc2ccccc21. The van der Waals surface area contributed by atoms with Gasteiger partial charge in [0.25, 0.3) is 0 Å². The van der Waals surface area contributed by atoms with Gasteiger partial charge in [-0.15, -0.1) is 0 Å². The summed E-state index contributed by atoms with van der Waals surface area (Å²) in [6, 6.07) is 11.3. The highest BCUT2D eigenvalue weighted by Crippen LogP contribution is 2.31. The van der Waals surface area contributed by atoms with E-state index in [0.29, 0.717) is 6.04 Å². The Morgan fingerprint density at radius 1 is 1.35 bits per heavy atom. The smallest absolute Gasteiger partial charge is 0.0983 e. The van der Waals surface area contributed by atoms with Crippen molar-refractivity contribution in [1.29, 1.82) is 0 Å². The lowest BCUT2D eigenvalue weighted by Gasteiger charge is -2.33. The summed E-state index contributed by atoms with van der Waals surface area (Å²) in [7, 11) is 0. The van der Waals surface area contributed by atoms with Crippen LogP contribution in [0.1, 0.15) is 29.7 Å². The van der Waals surface area contributed by atoms with Crippen molar-refractivity contribution in [3.63, 3.8) is 0 Å².